The molecule has 0 fully saturated rings. The standard InChI is InChI=1S/C14H14ClN3O/c1-9-4-3-7-17-12(9)8-18-14(19)10-5-2-6-11(15)13(10)16/h2-7H,8,16H2,1H3,(H,18,19). The molecule has 1 aromatic carbocycles. The van der Waals surface area contributed by atoms with Crippen molar-refractivity contribution in [2.45, 2.75) is 13.5 Å². The van der Waals surface area contributed by atoms with Crippen LogP contribution in [0.3, 0.4) is 0 Å². The van der Waals surface area contributed by atoms with Gasteiger partial charge in [0.2, 0.25) is 0 Å². The van der Waals surface area contributed by atoms with Gasteiger partial charge in [-0.1, -0.05) is 23.7 Å². The van der Waals surface area contributed by atoms with Gasteiger partial charge < -0.3 is 11.1 Å². The number of amides is 1. The number of nitrogens with two attached hydrogens (primary N) is 1. The molecule has 5 heteroatoms. The van der Waals surface area contributed by atoms with Crippen LogP contribution in [-0.2, 0) is 6.54 Å². The van der Waals surface area contributed by atoms with E-state index in [1.54, 1.807) is 24.4 Å². The fourth-order valence-electron chi connectivity index (χ4n) is 1.70. The van der Waals surface area contributed by atoms with Crippen LogP contribution >= 0.6 is 11.6 Å². The molecule has 0 radical (unpaired) electrons. The van der Waals surface area contributed by atoms with Crippen molar-refractivity contribution in [1.29, 1.82) is 0 Å². The second kappa shape index (κ2) is 5.71. The number of hydrogen-bond donors (Lipinski definition) is 2. The lowest BCUT2D eigenvalue weighted by Crippen LogP contribution is -2.24. The lowest BCUT2D eigenvalue weighted by atomic mass is 10.1. The molecule has 2 aromatic rings. The second-order valence-corrected chi connectivity index (χ2v) is 4.56. The van der Waals surface area contributed by atoms with Gasteiger partial charge >= 0.3 is 0 Å². The summed E-state index contributed by atoms with van der Waals surface area (Å²) in [6.45, 7) is 2.31. The maximum Gasteiger partial charge on any atom is 0.253 e. The number of benzene rings is 1. The zero-order chi connectivity index (χ0) is 13.8. The van der Waals surface area contributed by atoms with Crippen molar-refractivity contribution in [2.75, 3.05) is 5.73 Å². The van der Waals surface area contributed by atoms with Gasteiger partial charge in [-0.05, 0) is 30.7 Å². The van der Waals surface area contributed by atoms with Gasteiger partial charge in [-0.15, -0.1) is 0 Å². The molecule has 0 aliphatic heterocycles. The van der Waals surface area contributed by atoms with Crippen molar-refractivity contribution in [3.05, 3.63) is 58.4 Å². The van der Waals surface area contributed by atoms with E-state index in [2.05, 4.69) is 10.3 Å². The van der Waals surface area contributed by atoms with E-state index >= 15 is 0 Å². The molecule has 4 nitrogen and oxygen atoms in total. The Bertz CT molecular complexity index is 613. The van der Waals surface area contributed by atoms with Crippen molar-refractivity contribution in [2.24, 2.45) is 0 Å². The van der Waals surface area contributed by atoms with Gasteiger partial charge in [0.1, 0.15) is 0 Å². The molecular weight excluding hydrogens is 262 g/mol. The quantitative estimate of drug-likeness (QED) is 0.846. The van der Waals surface area contributed by atoms with Crippen LogP contribution in [0.1, 0.15) is 21.6 Å². The Morgan fingerprint density at radius 2 is 2.16 bits per heavy atom. The number of aromatic nitrogens is 1. The Kier molecular flexibility index (Phi) is 4.02. The molecule has 1 amide bonds. The number of rotatable bonds is 3. The Morgan fingerprint density at radius 1 is 1.37 bits per heavy atom. The van der Waals surface area contributed by atoms with Gasteiger partial charge in [-0.2, -0.15) is 0 Å². The van der Waals surface area contributed by atoms with E-state index in [1.807, 2.05) is 19.1 Å². The molecule has 0 spiro atoms. The Morgan fingerprint density at radius 3 is 2.89 bits per heavy atom. The average molecular weight is 276 g/mol. The number of aryl methyl sites for hydroxylation is 1. The first kappa shape index (κ1) is 13.4. The predicted molar refractivity (Wildman–Crippen MR) is 76.0 cm³/mol. The fourth-order valence-corrected chi connectivity index (χ4v) is 1.87. The molecule has 0 atom stereocenters. The van der Waals surface area contributed by atoms with Crippen molar-refractivity contribution >= 4 is 23.2 Å². The number of nitrogens with zero attached hydrogens (tertiary/aromatic N) is 1. The minimum atomic E-state index is -0.259. The highest BCUT2D eigenvalue weighted by molar-refractivity contribution is 6.33. The van der Waals surface area contributed by atoms with E-state index in [4.69, 9.17) is 17.3 Å². The van der Waals surface area contributed by atoms with Gasteiger partial charge in [-0.3, -0.25) is 9.78 Å². The SMILES string of the molecule is Cc1cccnc1CNC(=O)c1cccc(Cl)c1N. The van der Waals surface area contributed by atoms with Crippen LogP contribution in [0.4, 0.5) is 5.69 Å². The van der Waals surface area contributed by atoms with Crippen molar-refractivity contribution in [3.63, 3.8) is 0 Å². The number of anilines is 1. The van der Waals surface area contributed by atoms with Crippen LogP contribution < -0.4 is 11.1 Å². The van der Waals surface area contributed by atoms with Crippen LogP contribution in [0.5, 0.6) is 0 Å². The molecule has 3 N–H and O–H groups in total. The zero-order valence-corrected chi connectivity index (χ0v) is 11.2. The van der Waals surface area contributed by atoms with Crippen LogP contribution in [0.25, 0.3) is 0 Å². The molecule has 0 aliphatic carbocycles. The van der Waals surface area contributed by atoms with E-state index < -0.39 is 0 Å². The fraction of sp³-hybridized carbons (Fsp3) is 0.143. The molecule has 0 bridgehead atoms. The van der Waals surface area contributed by atoms with E-state index in [-0.39, 0.29) is 5.91 Å². The van der Waals surface area contributed by atoms with E-state index in [0.717, 1.165) is 11.3 Å². The number of nitrogens with one attached hydrogen (secondary N) is 1. The molecule has 0 aliphatic rings. The van der Waals surface area contributed by atoms with Gasteiger partial charge in [0.05, 0.1) is 28.5 Å². The topological polar surface area (TPSA) is 68.0 Å². The van der Waals surface area contributed by atoms with Gasteiger partial charge in [0.25, 0.3) is 5.91 Å². The number of carbonyl (C=O) groups excluding carboxylic acids is 1. The van der Waals surface area contributed by atoms with Crippen molar-refractivity contribution in [3.8, 4) is 0 Å². The minimum absolute atomic E-state index is 0.259. The number of pyridine rings is 1. The number of nitrogen functional groups attached to an aromatic ring is 1. The summed E-state index contributed by atoms with van der Waals surface area (Å²) in [5, 5.41) is 3.16. The Balaban J connectivity index is 2.10. The van der Waals surface area contributed by atoms with Crippen LogP contribution in [0, 0.1) is 6.92 Å². The third-order valence-corrected chi connectivity index (χ3v) is 3.16. The summed E-state index contributed by atoms with van der Waals surface area (Å²) in [6, 6.07) is 8.79. The van der Waals surface area contributed by atoms with Crippen LogP contribution in [0.15, 0.2) is 36.5 Å². The van der Waals surface area contributed by atoms with Crippen molar-refractivity contribution in [1.82, 2.24) is 10.3 Å². The molecule has 2 rings (SSSR count). The molecular formula is C14H14ClN3O. The lowest BCUT2D eigenvalue weighted by molar-refractivity contribution is 0.0951. The molecule has 0 saturated heterocycles. The number of halogens is 1. The largest absolute Gasteiger partial charge is 0.397 e. The summed E-state index contributed by atoms with van der Waals surface area (Å²) in [5.41, 5.74) is 8.30. The summed E-state index contributed by atoms with van der Waals surface area (Å²) >= 11 is 5.88. The highest BCUT2D eigenvalue weighted by Crippen LogP contribution is 2.22. The molecule has 1 heterocycles. The highest BCUT2D eigenvalue weighted by Gasteiger charge is 2.11. The van der Waals surface area contributed by atoms with Gasteiger partial charge in [-0.25, -0.2) is 0 Å². The summed E-state index contributed by atoms with van der Waals surface area (Å²) in [6.07, 6.45) is 1.70. The number of para-hydroxylation sites is 1. The number of hydrogen-bond acceptors (Lipinski definition) is 3. The Hall–Kier alpha value is -2.07. The van der Waals surface area contributed by atoms with Crippen molar-refractivity contribution < 1.29 is 4.79 Å². The summed E-state index contributed by atoms with van der Waals surface area (Å²) in [5.74, 6) is -0.259. The summed E-state index contributed by atoms with van der Waals surface area (Å²) in [4.78, 5) is 16.2. The molecule has 1 aromatic heterocycles. The summed E-state index contributed by atoms with van der Waals surface area (Å²) in [7, 11) is 0. The van der Waals surface area contributed by atoms with Gasteiger partial charge in [0, 0.05) is 6.20 Å². The average Bonchev–Trinajstić information content (AvgIpc) is 2.40. The maximum atomic E-state index is 12.0. The molecule has 19 heavy (non-hydrogen) atoms. The highest BCUT2D eigenvalue weighted by atomic mass is 35.5. The smallest absolute Gasteiger partial charge is 0.253 e. The van der Waals surface area contributed by atoms with Crippen LogP contribution in [-0.4, -0.2) is 10.9 Å². The zero-order valence-electron chi connectivity index (χ0n) is 10.5. The third kappa shape index (κ3) is 3.03. The summed E-state index contributed by atoms with van der Waals surface area (Å²) < 4.78 is 0. The second-order valence-electron chi connectivity index (χ2n) is 4.15. The normalized spacial score (nSPS) is 10.2. The van der Waals surface area contributed by atoms with Crippen LogP contribution in [0.2, 0.25) is 5.02 Å². The number of carbonyl (C=O) groups is 1. The minimum Gasteiger partial charge on any atom is -0.397 e. The first-order valence-corrected chi connectivity index (χ1v) is 6.20. The van der Waals surface area contributed by atoms with E-state index in [0.29, 0.717) is 22.8 Å². The Labute approximate surface area is 116 Å². The van der Waals surface area contributed by atoms with Gasteiger partial charge in [0.15, 0.2) is 0 Å². The first-order valence-electron chi connectivity index (χ1n) is 5.82. The monoisotopic (exact) mass is 275 g/mol. The maximum absolute atomic E-state index is 12.0. The van der Waals surface area contributed by atoms with E-state index in [1.165, 1.54) is 0 Å². The third-order valence-electron chi connectivity index (χ3n) is 2.83. The first-order chi connectivity index (χ1) is 9.09. The lowest BCUT2D eigenvalue weighted by Gasteiger charge is -2.09. The molecule has 0 saturated carbocycles. The molecule has 0 unspecified atom stereocenters. The predicted octanol–water partition coefficient (Wildman–Crippen LogP) is 2.56. The molecule has 98 valence electrons. The van der Waals surface area contributed by atoms with E-state index in [9.17, 15) is 4.79 Å².